The maximum absolute atomic E-state index is 6.83. The van der Waals surface area contributed by atoms with Crippen molar-refractivity contribution < 1.29 is 0 Å². The highest BCUT2D eigenvalue weighted by Crippen LogP contribution is 2.44. The molecule has 0 saturated heterocycles. The molecule has 0 amide bonds. The van der Waals surface area contributed by atoms with Crippen molar-refractivity contribution in [2.45, 2.75) is 51.5 Å². The normalized spacial score (nSPS) is 14.8. The third kappa shape index (κ3) is 7.04. The number of hydrogen-bond donors (Lipinski definition) is 3. The number of allylic oxidation sites excluding steroid dienone is 1. The van der Waals surface area contributed by atoms with E-state index in [0.717, 1.165) is 47.4 Å². The zero-order valence-corrected chi connectivity index (χ0v) is 30.5. The van der Waals surface area contributed by atoms with Crippen molar-refractivity contribution in [1.82, 2.24) is 5.32 Å². The summed E-state index contributed by atoms with van der Waals surface area (Å²) >= 11 is 0. The lowest BCUT2D eigenvalue weighted by Crippen LogP contribution is -2.32. The summed E-state index contributed by atoms with van der Waals surface area (Å²) in [7, 11) is 0. The number of nitrogens with two attached hydrogens (primary N) is 1. The Morgan fingerprint density at radius 2 is 1.51 bits per heavy atom. The lowest BCUT2D eigenvalue weighted by atomic mass is 9.92. The van der Waals surface area contributed by atoms with Crippen LogP contribution in [0.25, 0.3) is 28.3 Å². The molecule has 53 heavy (non-hydrogen) atoms. The number of hydrogen-bond acceptors (Lipinski definition) is 4. The van der Waals surface area contributed by atoms with Crippen LogP contribution in [0, 0.1) is 6.92 Å². The largest absolute Gasteiger partial charge is 0.375 e. The first-order valence-electron chi connectivity index (χ1n) is 18.7. The van der Waals surface area contributed by atoms with Crippen LogP contribution in [0.4, 0.5) is 5.69 Å². The summed E-state index contributed by atoms with van der Waals surface area (Å²) in [5.41, 5.74) is 24.9. The van der Waals surface area contributed by atoms with Crippen molar-refractivity contribution in [3.8, 4) is 22.3 Å². The summed E-state index contributed by atoms with van der Waals surface area (Å²) in [6.07, 6.45) is 8.89. The number of fused-ring (bicyclic) bond motifs is 4. The molecule has 0 fully saturated rings. The number of rotatable bonds is 11. The average molecular weight is 691 g/mol. The maximum Gasteiger partial charge on any atom is 0.127 e. The monoisotopic (exact) mass is 690 g/mol. The van der Waals surface area contributed by atoms with E-state index in [2.05, 4.69) is 152 Å². The Labute approximate surface area is 313 Å². The average Bonchev–Trinajstić information content (AvgIpc) is 3.59. The first kappa shape index (κ1) is 34.3. The Hall–Kier alpha value is -5.81. The molecule has 0 aromatic heterocycles. The van der Waals surface area contributed by atoms with E-state index in [1.807, 2.05) is 30.3 Å². The summed E-state index contributed by atoms with van der Waals surface area (Å²) in [4.78, 5) is 5.32. The Balaban J connectivity index is 1.14. The summed E-state index contributed by atoms with van der Waals surface area (Å²) in [5.74, 6) is 0. The van der Waals surface area contributed by atoms with Gasteiger partial charge in [-0.25, -0.2) is 0 Å². The number of aliphatic imine (C=N–C) groups is 1. The molecule has 262 valence electrons. The van der Waals surface area contributed by atoms with Crippen molar-refractivity contribution in [1.29, 1.82) is 0 Å². The van der Waals surface area contributed by atoms with Crippen LogP contribution in [0.3, 0.4) is 0 Å². The topological polar surface area (TPSA) is 62.4 Å². The number of anilines is 1. The highest BCUT2D eigenvalue weighted by atomic mass is 15.1. The third-order valence-corrected chi connectivity index (χ3v) is 10.8. The molecule has 0 heterocycles. The van der Waals surface area contributed by atoms with Gasteiger partial charge in [-0.2, -0.15) is 0 Å². The minimum Gasteiger partial charge on any atom is -0.375 e. The van der Waals surface area contributed by atoms with Gasteiger partial charge in [-0.05, 0) is 124 Å². The van der Waals surface area contributed by atoms with Crippen LogP contribution in [0.2, 0.25) is 0 Å². The number of nitrogens with one attached hydrogen (secondary N) is 2. The molecule has 4 N–H and O–H groups in total. The number of benzene rings is 6. The molecular weight excluding hydrogens is 645 g/mol. The standard InChI is InChI=1S/C49H46N4/c1-4-45(52-46-28-27-35-17-11-12-23-42(35)32(46)2)40-21-13-20-37(29-40)38-25-26-39-30-41-22-14-24-43(47(41)44(39)31-38)49(51-33(3)34-15-7-5-8-16-34)53-48(50)36-18-9-6-10-19-36/h4-10,12-16,18-29,31,45,48-49,52-53H,1,11,17,30,50H2,2-3H3/b51-33+. The predicted octanol–water partition coefficient (Wildman–Crippen LogP) is 11.3. The number of nitrogens with zero attached hydrogens (tertiary/aromatic N) is 1. The molecule has 0 spiro atoms. The van der Waals surface area contributed by atoms with Crippen LogP contribution < -0.4 is 16.4 Å². The highest BCUT2D eigenvalue weighted by molar-refractivity contribution is 5.99. The van der Waals surface area contributed by atoms with E-state index in [-0.39, 0.29) is 12.2 Å². The van der Waals surface area contributed by atoms with Gasteiger partial charge in [-0.15, -0.1) is 6.58 Å². The fourth-order valence-corrected chi connectivity index (χ4v) is 7.93. The van der Waals surface area contributed by atoms with Crippen LogP contribution in [-0.4, -0.2) is 5.71 Å². The van der Waals surface area contributed by atoms with Crippen molar-refractivity contribution in [3.63, 3.8) is 0 Å². The summed E-state index contributed by atoms with van der Waals surface area (Å²) in [5, 5.41) is 7.48. The van der Waals surface area contributed by atoms with E-state index in [9.17, 15) is 0 Å². The smallest absolute Gasteiger partial charge is 0.127 e. The molecule has 6 aromatic carbocycles. The van der Waals surface area contributed by atoms with Crippen molar-refractivity contribution in [2.24, 2.45) is 10.7 Å². The van der Waals surface area contributed by atoms with Crippen molar-refractivity contribution in [3.05, 3.63) is 202 Å². The minimum atomic E-state index is -0.396. The van der Waals surface area contributed by atoms with Gasteiger partial charge in [0.1, 0.15) is 6.17 Å². The van der Waals surface area contributed by atoms with Crippen molar-refractivity contribution in [2.75, 3.05) is 5.32 Å². The lowest BCUT2D eigenvalue weighted by Gasteiger charge is -2.24. The highest BCUT2D eigenvalue weighted by Gasteiger charge is 2.27. The maximum atomic E-state index is 6.83. The van der Waals surface area contributed by atoms with E-state index in [4.69, 9.17) is 10.7 Å². The minimum absolute atomic E-state index is 0.0348. The van der Waals surface area contributed by atoms with Gasteiger partial charge >= 0.3 is 0 Å². The fourth-order valence-electron chi connectivity index (χ4n) is 7.93. The Kier molecular flexibility index (Phi) is 9.73. The Morgan fingerprint density at radius 3 is 2.32 bits per heavy atom. The predicted molar refractivity (Wildman–Crippen MR) is 223 cm³/mol. The van der Waals surface area contributed by atoms with Gasteiger partial charge in [-0.3, -0.25) is 10.3 Å². The SMILES string of the molecule is C=CC(Nc1ccc2c(c1C)C=CCC2)c1cccc(-c2ccc3c(c2)-c2c(cccc2C(/N=C(\C)c2ccccc2)NC(N)c2ccccc2)C3)c1. The van der Waals surface area contributed by atoms with Crippen LogP contribution in [0.1, 0.15) is 81.8 Å². The van der Waals surface area contributed by atoms with Crippen LogP contribution >= 0.6 is 0 Å². The molecule has 0 saturated carbocycles. The van der Waals surface area contributed by atoms with Gasteiger partial charge in [0.2, 0.25) is 0 Å². The molecule has 8 rings (SSSR count). The molecule has 2 aliphatic rings. The first-order chi connectivity index (χ1) is 26.0. The molecule has 4 nitrogen and oxygen atoms in total. The first-order valence-corrected chi connectivity index (χ1v) is 18.7. The molecule has 3 atom stereocenters. The second kappa shape index (κ2) is 15.0. The molecule has 4 heteroatoms. The Morgan fingerprint density at radius 1 is 0.774 bits per heavy atom. The second-order valence-electron chi connectivity index (χ2n) is 14.2. The van der Waals surface area contributed by atoms with Crippen LogP contribution in [0.15, 0.2) is 157 Å². The van der Waals surface area contributed by atoms with Crippen molar-refractivity contribution >= 4 is 17.5 Å². The van der Waals surface area contributed by atoms with Gasteiger partial charge in [0.15, 0.2) is 0 Å². The van der Waals surface area contributed by atoms with Gasteiger partial charge in [0.25, 0.3) is 0 Å². The molecule has 0 bridgehead atoms. The second-order valence-corrected chi connectivity index (χ2v) is 14.2. The van der Waals surface area contributed by atoms with E-state index < -0.39 is 6.17 Å². The molecule has 3 unspecified atom stereocenters. The summed E-state index contributed by atoms with van der Waals surface area (Å²) in [6, 6.07) is 47.4. The van der Waals surface area contributed by atoms with E-state index in [0.29, 0.717) is 0 Å². The lowest BCUT2D eigenvalue weighted by molar-refractivity contribution is 0.466. The van der Waals surface area contributed by atoms with Crippen LogP contribution in [-0.2, 0) is 12.8 Å². The molecule has 6 aromatic rings. The molecule has 0 radical (unpaired) electrons. The van der Waals surface area contributed by atoms with E-state index in [1.165, 1.54) is 55.6 Å². The van der Waals surface area contributed by atoms with Gasteiger partial charge in [0.05, 0.1) is 12.2 Å². The van der Waals surface area contributed by atoms with Crippen LogP contribution in [0.5, 0.6) is 0 Å². The quantitative estimate of drug-likeness (QED) is 0.0719. The van der Waals surface area contributed by atoms with Gasteiger partial charge in [0, 0.05) is 11.4 Å². The third-order valence-electron chi connectivity index (χ3n) is 10.8. The zero-order valence-electron chi connectivity index (χ0n) is 30.5. The number of aryl methyl sites for hydroxylation is 1. The Bertz CT molecular complexity index is 2340. The molecule has 2 aliphatic carbocycles. The summed E-state index contributed by atoms with van der Waals surface area (Å²) in [6.45, 7) is 8.52. The zero-order chi connectivity index (χ0) is 36.3. The fraction of sp³-hybridized carbons (Fsp3) is 0.163. The van der Waals surface area contributed by atoms with E-state index in [1.54, 1.807) is 0 Å². The summed E-state index contributed by atoms with van der Waals surface area (Å²) < 4.78 is 0. The van der Waals surface area contributed by atoms with Gasteiger partial charge < -0.3 is 11.1 Å². The molecule has 0 aliphatic heterocycles. The van der Waals surface area contributed by atoms with Gasteiger partial charge in [-0.1, -0.05) is 133 Å². The van der Waals surface area contributed by atoms with E-state index >= 15 is 0 Å². The molecular formula is C49H46N4.